The molecule has 0 aliphatic carbocycles. The number of para-hydroxylation sites is 3. The Balaban J connectivity index is 0.977. The summed E-state index contributed by atoms with van der Waals surface area (Å²) in [5.74, 6) is 0. The molecule has 306 valence electrons. The molecule has 66 heavy (non-hydrogen) atoms. The van der Waals surface area contributed by atoms with Gasteiger partial charge in [0.25, 0.3) is 0 Å². The molecule has 1 nitrogen and oxygen atoms in total. The Morgan fingerprint density at radius 1 is 0.258 bits per heavy atom. The summed E-state index contributed by atoms with van der Waals surface area (Å²) in [4.78, 5) is 0. The predicted octanol–water partition coefficient (Wildman–Crippen LogP) is 18.4. The minimum Gasteiger partial charge on any atom is -0.309 e. The maximum atomic E-state index is 2.46. The van der Waals surface area contributed by atoms with Crippen LogP contribution in [0.1, 0.15) is 0 Å². The van der Waals surface area contributed by atoms with Crippen LogP contribution in [-0.4, -0.2) is 4.57 Å². The Kier molecular flexibility index (Phi) is 8.22. The Morgan fingerprint density at radius 2 is 0.712 bits per heavy atom. The second kappa shape index (κ2) is 14.6. The SMILES string of the molecule is c1ccc(-c2c3ccccc3c(-c3ccc4c(c3)sc3ccc(-c5c6ccccc6c(-c6cccc7c8ccccc8n(-c8ccccc8)c67)c6ccccc56)cc34)c3ccccc23)cc1. The third kappa shape index (κ3) is 5.46. The molecule has 2 heteroatoms. The van der Waals surface area contributed by atoms with Crippen molar-refractivity contribution in [1.29, 1.82) is 0 Å². The van der Waals surface area contributed by atoms with Gasteiger partial charge in [-0.15, -0.1) is 11.3 Å². The Labute approximate surface area is 385 Å². The highest BCUT2D eigenvalue weighted by Crippen LogP contribution is 2.49. The molecule has 2 heterocycles. The van der Waals surface area contributed by atoms with Gasteiger partial charge in [0.1, 0.15) is 0 Å². The molecule has 0 spiro atoms. The molecule has 2 aromatic heterocycles. The zero-order valence-corrected chi connectivity index (χ0v) is 36.7. The van der Waals surface area contributed by atoms with E-state index in [0.717, 1.165) is 5.69 Å². The van der Waals surface area contributed by atoms with Gasteiger partial charge < -0.3 is 4.57 Å². The van der Waals surface area contributed by atoms with E-state index in [-0.39, 0.29) is 0 Å². The van der Waals surface area contributed by atoms with Crippen LogP contribution in [0.2, 0.25) is 0 Å². The van der Waals surface area contributed by atoms with Crippen molar-refractivity contribution in [3.8, 4) is 50.2 Å². The normalized spacial score (nSPS) is 11.9. The molecule has 0 amide bonds. The van der Waals surface area contributed by atoms with Crippen LogP contribution >= 0.6 is 11.3 Å². The van der Waals surface area contributed by atoms with E-state index in [9.17, 15) is 0 Å². The van der Waals surface area contributed by atoms with E-state index in [1.54, 1.807) is 0 Å². The number of thiophene rings is 1. The molecule has 14 rings (SSSR count). The topological polar surface area (TPSA) is 4.93 Å². The van der Waals surface area contributed by atoms with E-state index in [4.69, 9.17) is 0 Å². The highest BCUT2D eigenvalue weighted by molar-refractivity contribution is 7.25. The van der Waals surface area contributed by atoms with E-state index in [1.807, 2.05) is 11.3 Å². The average molecular weight is 854 g/mol. The third-order valence-electron chi connectivity index (χ3n) is 14.0. The second-order valence-corrected chi connectivity index (χ2v) is 18.5. The van der Waals surface area contributed by atoms with Crippen LogP contribution in [0.5, 0.6) is 0 Å². The second-order valence-electron chi connectivity index (χ2n) is 17.5. The number of nitrogens with zero attached hydrogens (tertiary/aromatic N) is 1. The first-order valence-electron chi connectivity index (χ1n) is 22.8. The summed E-state index contributed by atoms with van der Waals surface area (Å²) in [6.45, 7) is 0. The molecule has 0 atom stereocenters. The van der Waals surface area contributed by atoms with Gasteiger partial charge in [-0.25, -0.2) is 0 Å². The van der Waals surface area contributed by atoms with Crippen molar-refractivity contribution in [3.63, 3.8) is 0 Å². The van der Waals surface area contributed by atoms with Gasteiger partial charge in [0.2, 0.25) is 0 Å². The van der Waals surface area contributed by atoms with Crippen LogP contribution in [0.4, 0.5) is 0 Å². The molecule has 0 aliphatic rings. The quantitative estimate of drug-likeness (QED) is 0.152. The lowest BCUT2D eigenvalue weighted by Gasteiger charge is -2.19. The van der Waals surface area contributed by atoms with Gasteiger partial charge in [0, 0.05) is 42.2 Å². The van der Waals surface area contributed by atoms with Crippen molar-refractivity contribution in [1.82, 2.24) is 4.57 Å². The first-order chi connectivity index (χ1) is 32.8. The van der Waals surface area contributed by atoms with Crippen molar-refractivity contribution < 1.29 is 0 Å². The minimum atomic E-state index is 1.16. The Hall–Kier alpha value is -8.30. The zero-order chi connectivity index (χ0) is 43.3. The molecule has 0 aliphatic heterocycles. The summed E-state index contributed by atoms with van der Waals surface area (Å²) >= 11 is 1.89. The van der Waals surface area contributed by atoms with Crippen molar-refractivity contribution in [3.05, 3.63) is 237 Å². The molecule has 0 fully saturated rings. The summed E-state index contributed by atoms with van der Waals surface area (Å²) in [5.41, 5.74) is 13.7. The van der Waals surface area contributed by atoms with Crippen molar-refractivity contribution >= 4 is 96.4 Å². The minimum absolute atomic E-state index is 1.16. The summed E-state index contributed by atoms with van der Waals surface area (Å²) in [6.07, 6.45) is 0. The summed E-state index contributed by atoms with van der Waals surface area (Å²) in [6, 6.07) is 87.7. The number of hydrogen-bond donors (Lipinski definition) is 0. The van der Waals surface area contributed by atoms with Crippen molar-refractivity contribution in [2.75, 3.05) is 0 Å². The van der Waals surface area contributed by atoms with Gasteiger partial charge in [0.15, 0.2) is 0 Å². The highest BCUT2D eigenvalue weighted by atomic mass is 32.1. The third-order valence-corrected chi connectivity index (χ3v) is 15.1. The van der Waals surface area contributed by atoms with Crippen LogP contribution in [-0.2, 0) is 0 Å². The fourth-order valence-electron chi connectivity index (χ4n) is 11.2. The first-order valence-corrected chi connectivity index (χ1v) is 23.6. The number of benzene rings is 12. The summed E-state index contributed by atoms with van der Waals surface area (Å²) < 4.78 is 5.06. The summed E-state index contributed by atoms with van der Waals surface area (Å²) in [7, 11) is 0. The monoisotopic (exact) mass is 853 g/mol. The molecule has 12 aromatic carbocycles. The van der Waals surface area contributed by atoms with Gasteiger partial charge in [-0.05, 0) is 118 Å². The molecule has 0 radical (unpaired) electrons. The smallest absolute Gasteiger partial charge is 0.0619 e. The van der Waals surface area contributed by atoms with Gasteiger partial charge in [0.05, 0.1) is 11.0 Å². The molecule has 0 bridgehead atoms. The Bertz CT molecular complexity index is 4160. The van der Waals surface area contributed by atoms with Gasteiger partial charge >= 0.3 is 0 Å². The van der Waals surface area contributed by atoms with E-state index >= 15 is 0 Å². The molecule has 0 saturated carbocycles. The lowest BCUT2D eigenvalue weighted by atomic mass is 9.85. The largest absolute Gasteiger partial charge is 0.309 e. The molecular weight excluding hydrogens is 815 g/mol. The Morgan fingerprint density at radius 3 is 1.30 bits per heavy atom. The molecular formula is C64H39NS. The molecule has 0 N–H and O–H groups in total. The van der Waals surface area contributed by atoms with E-state index in [0.29, 0.717) is 0 Å². The number of hydrogen-bond acceptors (Lipinski definition) is 1. The molecule has 0 unspecified atom stereocenters. The number of fused-ring (bicyclic) bond motifs is 10. The fraction of sp³-hybridized carbons (Fsp3) is 0. The van der Waals surface area contributed by atoms with Gasteiger partial charge in [-0.1, -0.05) is 200 Å². The van der Waals surface area contributed by atoms with E-state index in [1.165, 1.54) is 130 Å². The van der Waals surface area contributed by atoms with Crippen molar-refractivity contribution in [2.24, 2.45) is 0 Å². The lowest BCUT2D eigenvalue weighted by Crippen LogP contribution is -1.96. The highest BCUT2D eigenvalue weighted by Gasteiger charge is 2.23. The first kappa shape index (κ1) is 37.1. The van der Waals surface area contributed by atoms with Gasteiger partial charge in [-0.2, -0.15) is 0 Å². The van der Waals surface area contributed by atoms with Gasteiger partial charge in [-0.3, -0.25) is 0 Å². The predicted molar refractivity (Wildman–Crippen MR) is 285 cm³/mol. The standard InChI is InChI=1S/C64H39NS/c1-3-18-40(19-4-1)60-46-23-7-9-25-48(46)62(49-26-10-8-24-47(49)60)42-34-36-45-56-38-41(35-37-58(56)66-59(45)39-42)61-50-27-11-13-29-52(50)63(53-30-14-12-28-51(53)61)55-32-17-31-54-44-22-15-16-33-57(44)65(64(54)55)43-20-5-2-6-21-43/h1-39H. The maximum Gasteiger partial charge on any atom is 0.0619 e. The van der Waals surface area contributed by atoms with Crippen molar-refractivity contribution in [2.45, 2.75) is 0 Å². The van der Waals surface area contributed by atoms with Crippen LogP contribution < -0.4 is 0 Å². The fourth-order valence-corrected chi connectivity index (χ4v) is 12.4. The molecule has 0 saturated heterocycles. The lowest BCUT2D eigenvalue weighted by molar-refractivity contribution is 1.18. The van der Waals surface area contributed by atoms with Crippen LogP contribution in [0.3, 0.4) is 0 Å². The van der Waals surface area contributed by atoms with Crippen LogP contribution in [0.15, 0.2) is 237 Å². The number of rotatable bonds is 5. The number of aromatic nitrogens is 1. The van der Waals surface area contributed by atoms with E-state index < -0.39 is 0 Å². The molecule has 14 aromatic rings. The zero-order valence-electron chi connectivity index (χ0n) is 35.9. The average Bonchev–Trinajstić information content (AvgIpc) is 3.93. The van der Waals surface area contributed by atoms with Crippen LogP contribution in [0, 0.1) is 0 Å². The summed E-state index contributed by atoms with van der Waals surface area (Å²) in [5, 5.41) is 15.2. The van der Waals surface area contributed by atoms with E-state index in [2.05, 4.69) is 241 Å². The maximum absolute atomic E-state index is 2.46. The van der Waals surface area contributed by atoms with Crippen LogP contribution in [0.25, 0.3) is 135 Å².